The number of fused-ring (bicyclic) bond motifs is 1. The molecule has 1 amide bonds. The molecule has 0 aromatic heterocycles. The van der Waals surface area contributed by atoms with Crippen LogP contribution in [0.4, 0.5) is 22.4 Å². The third-order valence-corrected chi connectivity index (χ3v) is 9.28. The van der Waals surface area contributed by atoms with Crippen LogP contribution in [-0.2, 0) is 14.2 Å². The number of halogens is 5. The van der Waals surface area contributed by atoms with Crippen molar-refractivity contribution in [1.82, 2.24) is 4.90 Å². The zero-order valence-corrected chi connectivity index (χ0v) is 21.1. The zero-order chi connectivity index (χ0) is 25.3. The molecular weight excluding hydrogens is 573 g/mol. The predicted molar refractivity (Wildman–Crippen MR) is 124 cm³/mol. The topological polar surface area (TPSA) is 65.1 Å². The van der Waals surface area contributed by atoms with E-state index in [0.29, 0.717) is 18.5 Å². The summed E-state index contributed by atoms with van der Waals surface area (Å²) in [6.45, 7) is 5.53. The van der Waals surface area contributed by atoms with E-state index in [1.807, 2.05) is 0 Å². The molecule has 0 radical (unpaired) electrons. The first-order valence-electron chi connectivity index (χ1n) is 10.2. The molecule has 0 spiro atoms. The first-order chi connectivity index (χ1) is 15.7. The minimum absolute atomic E-state index is 0.121. The van der Waals surface area contributed by atoms with Crippen LogP contribution in [0.5, 0.6) is 5.75 Å². The second kappa shape index (κ2) is 9.59. The number of hydrogen-bond acceptors (Lipinski definition) is 5. The second-order valence-electron chi connectivity index (χ2n) is 8.51. The molecule has 0 unspecified atom stereocenters. The average molecular weight is 597 g/mol. The van der Waals surface area contributed by atoms with Gasteiger partial charge in [-0.2, -0.15) is 0 Å². The van der Waals surface area contributed by atoms with E-state index in [1.54, 1.807) is 27.8 Å². The van der Waals surface area contributed by atoms with E-state index < -0.39 is 53.7 Å². The van der Waals surface area contributed by atoms with Gasteiger partial charge in [-0.1, -0.05) is 0 Å². The molecule has 0 aliphatic carbocycles. The molecular formula is C23H24F4INO5. The van der Waals surface area contributed by atoms with Gasteiger partial charge in [-0.15, -0.1) is 0 Å². The van der Waals surface area contributed by atoms with E-state index in [2.05, 4.69) is 4.74 Å². The number of alkyl halides is 5. The molecule has 6 nitrogen and oxygen atoms in total. The fourth-order valence-corrected chi connectivity index (χ4v) is 6.89. The van der Waals surface area contributed by atoms with Gasteiger partial charge in [0.1, 0.15) is 5.60 Å². The number of rotatable bonds is 7. The number of amides is 1. The van der Waals surface area contributed by atoms with E-state index >= 15 is 0 Å². The van der Waals surface area contributed by atoms with E-state index in [-0.39, 0.29) is 9.13 Å². The smallest absolute Gasteiger partial charge is 0.0253 e. The summed E-state index contributed by atoms with van der Waals surface area (Å²) in [7, 11) is 1.56. The van der Waals surface area contributed by atoms with Crippen LogP contribution in [0.15, 0.2) is 48.5 Å². The summed E-state index contributed by atoms with van der Waals surface area (Å²) < 4.78 is 68.2. The van der Waals surface area contributed by atoms with Gasteiger partial charge in [0.05, 0.1) is 0 Å². The molecule has 2 aromatic carbocycles. The Labute approximate surface area is 202 Å². The summed E-state index contributed by atoms with van der Waals surface area (Å²) in [5, 5.41) is 0. The van der Waals surface area contributed by atoms with Gasteiger partial charge in [-0.3, -0.25) is 0 Å². The normalized spacial score (nSPS) is 14.9. The van der Waals surface area contributed by atoms with E-state index in [0.717, 1.165) is 12.1 Å². The molecule has 0 saturated carbocycles. The molecule has 1 aliphatic rings. The fraction of sp³-hybridized carbons (Fsp3) is 0.391. The third-order valence-electron chi connectivity index (χ3n) is 4.58. The Hall–Kier alpha value is -2.57. The van der Waals surface area contributed by atoms with Gasteiger partial charge in [0.25, 0.3) is 0 Å². The van der Waals surface area contributed by atoms with Gasteiger partial charge in [0.15, 0.2) is 0 Å². The van der Waals surface area contributed by atoms with Crippen molar-refractivity contribution in [2.75, 3.05) is 13.6 Å². The third kappa shape index (κ3) is 5.73. The monoisotopic (exact) mass is 597 g/mol. The maximum absolute atomic E-state index is 14.8. The number of carbonyl (C=O) groups excluding carboxylic acids is 2. The molecule has 0 N–H and O–H groups in total. The van der Waals surface area contributed by atoms with Crippen molar-refractivity contribution in [3.63, 3.8) is 0 Å². The van der Waals surface area contributed by atoms with Crippen LogP contribution in [0.2, 0.25) is 0 Å². The van der Waals surface area contributed by atoms with E-state index in [4.69, 9.17) is 7.80 Å². The summed E-state index contributed by atoms with van der Waals surface area (Å²) in [5.74, 6) is -1.50. The molecule has 11 heteroatoms. The van der Waals surface area contributed by atoms with E-state index in [9.17, 15) is 27.2 Å². The Bertz CT molecular complexity index is 1060. The molecule has 186 valence electrons. The molecule has 0 atom stereocenters. The standard InChI is InChI=1S/C23H24F4INO5/c1-21(2,3)33-20(31)29(4)14-13-15-9-11-16(12-10-15)32-23(26,27)22(24,25)28-18-8-6-5-7-17(18)19(30)34-28/h5-12H,13-14H2,1-4H3. The van der Waals surface area contributed by atoms with Gasteiger partial charge < -0.3 is 0 Å². The van der Waals surface area contributed by atoms with Crippen molar-refractivity contribution in [3.05, 3.63) is 63.2 Å². The van der Waals surface area contributed by atoms with Crippen LogP contribution >= 0.6 is 20.2 Å². The second-order valence-corrected chi connectivity index (χ2v) is 12.9. The van der Waals surface area contributed by atoms with Crippen molar-refractivity contribution in [1.29, 1.82) is 0 Å². The Morgan fingerprint density at radius 2 is 1.65 bits per heavy atom. The molecule has 0 saturated heterocycles. The van der Waals surface area contributed by atoms with Gasteiger partial charge in [-0.25, -0.2) is 0 Å². The average Bonchev–Trinajstić information content (AvgIpc) is 3.09. The van der Waals surface area contributed by atoms with Gasteiger partial charge in [-0.05, 0) is 20.8 Å². The first-order valence-corrected chi connectivity index (χ1v) is 13.2. The molecule has 34 heavy (non-hydrogen) atoms. The summed E-state index contributed by atoms with van der Waals surface area (Å²) >= 11 is -4.39. The van der Waals surface area contributed by atoms with Crippen molar-refractivity contribution < 1.29 is 39.7 Å². The summed E-state index contributed by atoms with van der Waals surface area (Å²) in [6, 6.07) is 10.5. The quantitative estimate of drug-likeness (QED) is 0.219. The zero-order valence-electron chi connectivity index (χ0n) is 18.9. The van der Waals surface area contributed by atoms with Crippen molar-refractivity contribution >= 4 is 32.3 Å². The van der Waals surface area contributed by atoms with Crippen LogP contribution < -0.4 is 4.74 Å². The van der Waals surface area contributed by atoms with Gasteiger partial charge in [0.2, 0.25) is 0 Å². The number of nitrogens with zero attached hydrogens (tertiary/aromatic N) is 1. The Balaban J connectivity index is 1.64. The molecule has 1 aliphatic heterocycles. The SMILES string of the molecule is CN(CCc1ccc(OC(F)(F)C(F)(F)I2OC(=O)c3ccccc32)cc1)C(=O)OC(C)(C)C. The number of hydrogen-bond donors (Lipinski definition) is 0. The molecule has 0 fully saturated rings. The summed E-state index contributed by atoms with van der Waals surface area (Å²) in [6.07, 6.45) is -5.02. The molecule has 0 bridgehead atoms. The Morgan fingerprint density at radius 3 is 2.26 bits per heavy atom. The van der Waals surface area contributed by atoms with Crippen molar-refractivity contribution in [3.8, 4) is 5.75 Å². The van der Waals surface area contributed by atoms with Crippen LogP contribution in [0.25, 0.3) is 0 Å². The van der Waals surface area contributed by atoms with Crippen LogP contribution in [0, 0.1) is 3.57 Å². The number of ether oxygens (including phenoxy) is 2. The number of likely N-dealkylation sites (N-methyl/N-ethyl adjacent to an activating group) is 1. The maximum atomic E-state index is 14.8. The molecule has 2 aromatic rings. The summed E-state index contributed by atoms with van der Waals surface area (Å²) in [5.41, 5.74) is -0.0873. The van der Waals surface area contributed by atoms with Gasteiger partial charge in [0, 0.05) is 0 Å². The van der Waals surface area contributed by atoms with Gasteiger partial charge >= 0.3 is 176 Å². The van der Waals surface area contributed by atoms with Crippen LogP contribution in [0.3, 0.4) is 0 Å². The van der Waals surface area contributed by atoms with E-state index in [1.165, 1.54) is 41.3 Å². The van der Waals surface area contributed by atoms with Crippen LogP contribution in [-0.4, -0.2) is 46.2 Å². The van der Waals surface area contributed by atoms with Crippen molar-refractivity contribution in [2.45, 2.75) is 42.8 Å². The molecule has 1 heterocycles. The number of benzene rings is 2. The Morgan fingerprint density at radius 1 is 1.03 bits per heavy atom. The summed E-state index contributed by atoms with van der Waals surface area (Å²) in [4.78, 5) is 25.2. The Kier molecular flexibility index (Phi) is 7.34. The van der Waals surface area contributed by atoms with Crippen molar-refractivity contribution in [2.24, 2.45) is 0 Å². The first kappa shape index (κ1) is 26.0. The van der Waals surface area contributed by atoms with Crippen LogP contribution in [0.1, 0.15) is 36.7 Å². The predicted octanol–water partition coefficient (Wildman–Crippen LogP) is 6.12. The fourth-order valence-electron chi connectivity index (χ4n) is 2.86. The number of carbonyl (C=O) groups is 2. The molecule has 3 rings (SSSR count). The minimum atomic E-state index is -4.89. The minimum Gasteiger partial charge on any atom is -0.0253 e.